The zero-order valence-electron chi connectivity index (χ0n) is 18.8. The second-order valence-electron chi connectivity index (χ2n) is 11.3. The Hall–Kier alpha value is -0.160. The Morgan fingerprint density at radius 3 is 2.33 bits per heavy atom. The molecule has 4 heteroatoms. The third kappa shape index (κ3) is 4.88. The third-order valence-electron chi connectivity index (χ3n) is 8.14. The van der Waals surface area contributed by atoms with Gasteiger partial charge in [-0.2, -0.15) is 0 Å². The molecule has 0 unspecified atom stereocenters. The van der Waals surface area contributed by atoms with E-state index < -0.39 is 17.3 Å². The fraction of sp³-hybridized carbons (Fsp3) is 1.00. The van der Waals surface area contributed by atoms with Crippen LogP contribution in [0, 0.1) is 22.7 Å². The fourth-order valence-electron chi connectivity index (χ4n) is 6.44. The van der Waals surface area contributed by atoms with E-state index in [9.17, 15) is 15.3 Å². The van der Waals surface area contributed by atoms with Gasteiger partial charge in [-0.15, -0.1) is 0 Å². The Morgan fingerprint density at radius 1 is 1.11 bits per heavy atom. The minimum absolute atomic E-state index is 0.0979. The summed E-state index contributed by atoms with van der Waals surface area (Å²) < 4.78 is 0. The van der Waals surface area contributed by atoms with Crippen molar-refractivity contribution < 1.29 is 15.3 Å². The molecule has 27 heavy (non-hydrogen) atoms. The van der Waals surface area contributed by atoms with Crippen LogP contribution in [0.25, 0.3) is 0 Å². The van der Waals surface area contributed by atoms with Crippen LogP contribution in [-0.4, -0.2) is 45.2 Å². The highest BCUT2D eigenvalue weighted by atomic mass is 16.3. The number of aliphatic hydroxyl groups is 3. The lowest BCUT2D eigenvalue weighted by atomic mass is 9.45. The van der Waals surface area contributed by atoms with E-state index in [0.717, 1.165) is 25.7 Å². The van der Waals surface area contributed by atoms with E-state index >= 15 is 0 Å². The summed E-state index contributed by atoms with van der Waals surface area (Å²) in [6.07, 6.45) is 6.01. The van der Waals surface area contributed by atoms with E-state index in [1.807, 2.05) is 20.8 Å². The van der Waals surface area contributed by atoms with Crippen LogP contribution in [0.15, 0.2) is 0 Å². The van der Waals surface area contributed by atoms with Crippen LogP contribution in [0.2, 0.25) is 0 Å². The van der Waals surface area contributed by atoms with Crippen molar-refractivity contribution in [1.82, 2.24) is 5.32 Å². The first-order chi connectivity index (χ1) is 12.2. The highest BCUT2D eigenvalue weighted by Gasteiger charge is 2.57. The Kier molecular flexibility index (Phi) is 6.79. The van der Waals surface area contributed by atoms with Gasteiger partial charge in [-0.05, 0) is 75.0 Å². The van der Waals surface area contributed by atoms with Crippen LogP contribution in [0.3, 0.4) is 0 Å². The van der Waals surface area contributed by atoms with Crippen molar-refractivity contribution in [2.24, 2.45) is 22.7 Å². The van der Waals surface area contributed by atoms with Gasteiger partial charge in [0.2, 0.25) is 0 Å². The molecule has 6 atom stereocenters. The van der Waals surface area contributed by atoms with Gasteiger partial charge < -0.3 is 20.6 Å². The van der Waals surface area contributed by atoms with E-state index in [2.05, 4.69) is 26.1 Å². The first-order valence-corrected chi connectivity index (χ1v) is 11.1. The Balaban J connectivity index is 2.14. The molecule has 2 aliphatic rings. The van der Waals surface area contributed by atoms with Crippen LogP contribution in [-0.2, 0) is 0 Å². The number of nitrogens with one attached hydrogen (secondary N) is 1. The maximum Gasteiger partial charge on any atom is 0.0948 e. The van der Waals surface area contributed by atoms with Gasteiger partial charge in [-0.25, -0.2) is 0 Å². The molecule has 4 N–H and O–H groups in total. The number of hydrogen-bond acceptors (Lipinski definition) is 4. The number of rotatable bonds is 7. The summed E-state index contributed by atoms with van der Waals surface area (Å²) in [4.78, 5) is 0. The standard InChI is InChI=1S/C23H45NO3/c1-16(2)24-15-19(25)23(7,27)14-10-18-21(5)12-8-11-20(3,4)17(21)9-13-22(18,6)26/h16-19,24-27H,8-15H2,1-7H3/t17-,18+,19-,21-,22+,23+/m0/s1. The molecule has 0 aromatic rings. The lowest BCUT2D eigenvalue weighted by Gasteiger charge is -2.61. The molecule has 0 heterocycles. The zero-order chi connectivity index (χ0) is 20.7. The van der Waals surface area contributed by atoms with E-state index in [4.69, 9.17) is 0 Å². The second kappa shape index (κ2) is 7.93. The van der Waals surface area contributed by atoms with Gasteiger partial charge in [0.25, 0.3) is 0 Å². The molecule has 2 saturated carbocycles. The fourth-order valence-corrected chi connectivity index (χ4v) is 6.44. The van der Waals surface area contributed by atoms with Crippen LogP contribution in [0.1, 0.15) is 93.4 Å². The number of hydrogen-bond donors (Lipinski definition) is 4. The Bertz CT molecular complexity index is 500. The van der Waals surface area contributed by atoms with Gasteiger partial charge >= 0.3 is 0 Å². The first kappa shape index (κ1) is 23.1. The van der Waals surface area contributed by atoms with E-state index in [-0.39, 0.29) is 17.4 Å². The van der Waals surface area contributed by atoms with E-state index in [0.29, 0.717) is 24.3 Å². The summed E-state index contributed by atoms with van der Waals surface area (Å²) in [6.45, 7) is 15.3. The molecule has 2 aliphatic carbocycles. The average Bonchev–Trinajstić information content (AvgIpc) is 2.50. The maximum absolute atomic E-state index is 11.3. The molecule has 0 saturated heterocycles. The number of aliphatic hydroxyl groups excluding tert-OH is 1. The second-order valence-corrected chi connectivity index (χ2v) is 11.3. The molecular formula is C23H45NO3. The normalized spacial score (nSPS) is 39.7. The molecule has 2 rings (SSSR count). The largest absolute Gasteiger partial charge is 0.390 e. The highest BCUT2D eigenvalue weighted by Crippen LogP contribution is 2.63. The molecule has 160 valence electrons. The van der Waals surface area contributed by atoms with Crippen molar-refractivity contribution in [2.75, 3.05) is 6.54 Å². The molecule has 0 spiro atoms. The lowest BCUT2D eigenvalue weighted by Crippen LogP contribution is -2.58. The monoisotopic (exact) mass is 383 g/mol. The molecule has 0 aromatic heterocycles. The molecule has 0 aromatic carbocycles. The topological polar surface area (TPSA) is 72.7 Å². The Labute approximate surface area is 167 Å². The number of fused-ring (bicyclic) bond motifs is 1. The van der Waals surface area contributed by atoms with Crippen LogP contribution >= 0.6 is 0 Å². The summed E-state index contributed by atoms with van der Waals surface area (Å²) in [6, 6.07) is 0.277. The van der Waals surface area contributed by atoms with Gasteiger partial charge in [0, 0.05) is 12.6 Å². The van der Waals surface area contributed by atoms with Crippen molar-refractivity contribution in [3.63, 3.8) is 0 Å². The molecule has 0 bridgehead atoms. The minimum Gasteiger partial charge on any atom is -0.390 e. The molecule has 0 aliphatic heterocycles. The molecule has 2 fully saturated rings. The van der Waals surface area contributed by atoms with Crippen LogP contribution < -0.4 is 5.32 Å². The molecule has 0 amide bonds. The molecule has 0 radical (unpaired) electrons. The lowest BCUT2D eigenvalue weighted by molar-refractivity contribution is -0.175. The summed E-state index contributed by atoms with van der Waals surface area (Å²) in [5, 5.41) is 35.9. The van der Waals surface area contributed by atoms with Crippen LogP contribution in [0.4, 0.5) is 0 Å². The van der Waals surface area contributed by atoms with Crippen molar-refractivity contribution >= 4 is 0 Å². The van der Waals surface area contributed by atoms with E-state index in [1.54, 1.807) is 6.92 Å². The summed E-state index contributed by atoms with van der Waals surface area (Å²) >= 11 is 0. The van der Waals surface area contributed by atoms with Crippen molar-refractivity contribution in [3.8, 4) is 0 Å². The zero-order valence-corrected chi connectivity index (χ0v) is 18.8. The van der Waals surface area contributed by atoms with Crippen molar-refractivity contribution in [1.29, 1.82) is 0 Å². The summed E-state index contributed by atoms with van der Waals surface area (Å²) in [5.41, 5.74) is -1.44. The minimum atomic E-state index is -1.15. The van der Waals surface area contributed by atoms with E-state index in [1.165, 1.54) is 12.8 Å². The Morgan fingerprint density at radius 2 is 1.74 bits per heavy atom. The van der Waals surface area contributed by atoms with Gasteiger partial charge in [0.1, 0.15) is 0 Å². The quantitative estimate of drug-likeness (QED) is 0.538. The van der Waals surface area contributed by atoms with Crippen molar-refractivity contribution in [2.45, 2.75) is 117 Å². The molecular weight excluding hydrogens is 338 g/mol. The average molecular weight is 384 g/mol. The highest BCUT2D eigenvalue weighted by molar-refractivity contribution is 5.07. The van der Waals surface area contributed by atoms with Gasteiger partial charge in [-0.3, -0.25) is 0 Å². The van der Waals surface area contributed by atoms with Crippen molar-refractivity contribution in [3.05, 3.63) is 0 Å². The van der Waals surface area contributed by atoms with Crippen LogP contribution in [0.5, 0.6) is 0 Å². The smallest absolute Gasteiger partial charge is 0.0948 e. The van der Waals surface area contributed by atoms with Gasteiger partial charge in [-0.1, -0.05) is 41.0 Å². The molecule has 4 nitrogen and oxygen atoms in total. The van der Waals surface area contributed by atoms with Gasteiger partial charge in [0.15, 0.2) is 0 Å². The van der Waals surface area contributed by atoms with Gasteiger partial charge in [0.05, 0.1) is 17.3 Å². The predicted molar refractivity (Wildman–Crippen MR) is 112 cm³/mol. The summed E-state index contributed by atoms with van der Waals surface area (Å²) in [5.74, 6) is 0.765. The SMILES string of the molecule is CC(C)NC[C@H](O)[C@](C)(O)CC[C@@H]1[C@@]2(C)CCCC(C)(C)[C@@H]2CC[C@@]1(C)O. The third-order valence-corrected chi connectivity index (χ3v) is 8.14. The maximum atomic E-state index is 11.3. The first-order valence-electron chi connectivity index (χ1n) is 11.1. The summed E-state index contributed by atoms with van der Waals surface area (Å²) in [7, 11) is 0. The predicted octanol–water partition coefficient (Wildman–Crippen LogP) is 3.87.